The van der Waals surface area contributed by atoms with Gasteiger partial charge in [-0.05, 0) is 54.9 Å². The van der Waals surface area contributed by atoms with Gasteiger partial charge in [0.2, 0.25) is 0 Å². The fraction of sp³-hybridized carbons (Fsp3) is 0.321. The first-order valence-electron chi connectivity index (χ1n) is 12.6. The van der Waals surface area contributed by atoms with E-state index < -0.39 is 0 Å². The number of hydrogen-bond acceptors (Lipinski definition) is 6. The highest BCUT2D eigenvalue weighted by Crippen LogP contribution is 2.47. The molecule has 0 amide bonds. The summed E-state index contributed by atoms with van der Waals surface area (Å²) in [6.45, 7) is 1.91. The van der Waals surface area contributed by atoms with Gasteiger partial charge < -0.3 is 16.0 Å². The zero-order chi connectivity index (χ0) is 23.4. The van der Waals surface area contributed by atoms with Gasteiger partial charge in [0.15, 0.2) is 0 Å². The van der Waals surface area contributed by atoms with Crippen molar-refractivity contribution in [3.8, 4) is 11.3 Å². The number of aliphatic imine (C=N–C) groups is 1. The summed E-state index contributed by atoms with van der Waals surface area (Å²) in [5, 5.41) is 4.89. The Balaban J connectivity index is 1.35. The van der Waals surface area contributed by atoms with Crippen LogP contribution in [0.3, 0.4) is 0 Å². The first kappa shape index (κ1) is 20.8. The minimum atomic E-state index is 0.0400. The number of piperidine rings is 1. The van der Waals surface area contributed by atoms with Gasteiger partial charge in [0.05, 0.1) is 11.9 Å². The van der Waals surface area contributed by atoms with E-state index in [0.29, 0.717) is 5.92 Å². The van der Waals surface area contributed by atoms with Crippen LogP contribution in [0.5, 0.6) is 0 Å². The summed E-state index contributed by atoms with van der Waals surface area (Å²) >= 11 is 0. The molecular formula is C28H29N7. The van der Waals surface area contributed by atoms with Gasteiger partial charge in [-0.2, -0.15) is 0 Å². The summed E-state index contributed by atoms with van der Waals surface area (Å²) in [6.07, 6.45) is 10.5. The van der Waals surface area contributed by atoms with Crippen molar-refractivity contribution in [3.05, 3.63) is 77.7 Å². The summed E-state index contributed by atoms with van der Waals surface area (Å²) in [7, 11) is 0. The number of likely N-dealkylation sites (tertiary alicyclic amines) is 1. The Morgan fingerprint density at radius 3 is 2.74 bits per heavy atom. The van der Waals surface area contributed by atoms with E-state index >= 15 is 0 Å². The molecule has 0 radical (unpaired) electrons. The summed E-state index contributed by atoms with van der Waals surface area (Å²) in [6, 6.07) is 14.8. The molecule has 3 aliphatic rings. The molecule has 2 aliphatic heterocycles. The summed E-state index contributed by atoms with van der Waals surface area (Å²) in [5.41, 5.74) is 14.1. The van der Waals surface area contributed by atoms with Crippen LogP contribution >= 0.6 is 0 Å². The summed E-state index contributed by atoms with van der Waals surface area (Å²) < 4.78 is 0. The van der Waals surface area contributed by atoms with E-state index in [0.717, 1.165) is 65.3 Å². The standard InChI is InChI=1S/C28H29N7/c29-19-7-4-12-35(16-19)28-25-22(17-8-9-17)14-30-15-24(25)33-27(34-28)20-10-11-31-26-21(20)13-23(32-26)18-5-2-1-3-6-18/h1-3,5-6,10-11,13-15,17,19,28H,4,7-9,12,16,29H2,(H,31,32)(H,33,34)/t19-,28?/m0/s1. The van der Waals surface area contributed by atoms with Gasteiger partial charge in [-0.1, -0.05) is 30.3 Å². The molecule has 5 heterocycles. The molecule has 7 nitrogen and oxygen atoms in total. The molecule has 1 aliphatic carbocycles. The van der Waals surface area contributed by atoms with Crippen molar-refractivity contribution in [2.24, 2.45) is 10.7 Å². The van der Waals surface area contributed by atoms with Crippen LogP contribution in [0.1, 0.15) is 54.5 Å². The van der Waals surface area contributed by atoms with Crippen molar-refractivity contribution < 1.29 is 0 Å². The fourth-order valence-corrected chi connectivity index (χ4v) is 5.63. The number of rotatable bonds is 4. The molecule has 1 saturated heterocycles. The first-order chi connectivity index (χ1) is 17.2. The zero-order valence-corrected chi connectivity index (χ0v) is 19.6. The second-order valence-electron chi connectivity index (χ2n) is 10.0. The SMILES string of the molecule is N[C@H]1CCCN(C2NC(c3ccnc4[nH]c(-c5ccccc5)cc34)=Nc3cncc(C4CC4)c32)C1. The molecular weight excluding hydrogens is 434 g/mol. The monoisotopic (exact) mass is 463 g/mol. The normalized spacial score (nSPS) is 22.5. The topological polar surface area (TPSA) is 95.2 Å². The van der Waals surface area contributed by atoms with E-state index in [2.05, 4.69) is 67.8 Å². The van der Waals surface area contributed by atoms with Crippen LogP contribution in [0.15, 0.2) is 66.0 Å². The molecule has 1 saturated carbocycles. The third-order valence-electron chi connectivity index (χ3n) is 7.52. The van der Waals surface area contributed by atoms with Crippen LogP contribution in [0.25, 0.3) is 22.3 Å². The molecule has 176 valence electrons. The van der Waals surface area contributed by atoms with E-state index in [1.165, 1.54) is 24.0 Å². The highest BCUT2D eigenvalue weighted by molar-refractivity contribution is 6.11. The zero-order valence-electron chi connectivity index (χ0n) is 19.6. The van der Waals surface area contributed by atoms with Gasteiger partial charge in [0.25, 0.3) is 0 Å². The average molecular weight is 464 g/mol. The van der Waals surface area contributed by atoms with Crippen molar-refractivity contribution in [1.82, 2.24) is 25.2 Å². The Morgan fingerprint density at radius 2 is 1.91 bits per heavy atom. The summed E-state index contributed by atoms with van der Waals surface area (Å²) in [5.74, 6) is 1.46. The van der Waals surface area contributed by atoms with Crippen LogP contribution in [0.2, 0.25) is 0 Å². The van der Waals surface area contributed by atoms with Crippen LogP contribution in [0, 0.1) is 0 Å². The number of aromatic amines is 1. The number of benzene rings is 1. The van der Waals surface area contributed by atoms with Crippen molar-refractivity contribution in [2.45, 2.75) is 43.8 Å². The fourth-order valence-electron chi connectivity index (χ4n) is 5.63. The smallest absolute Gasteiger partial charge is 0.138 e. The van der Waals surface area contributed by atoms with E-state index in [1.54, 1.807) is 0 Å². The second kappa shape index (κ2) is 8.29. The van der Waals surface area contributed by atoms with Gasteiger partial charge in [-0.25, -0.2) is 9.98 Å². The number of fused-ring (bicyclic) bond motifs is 2. The Morgan fingerprint density at radius 1 is 1.03 bits per heavy atom. The Labute approximate surface area is 204 Å². The number of nitrogens with two attached hydrogens (primary N) is 1. The lowest BCUT2D eigenvalue weighted by Gasteiger charge is -2.41. The molecule has 0 spiro atoms. The van der Waals surface area contributed by atoms with Crippen LogP contribution in [0.4, 0.5) is 5.69 Å². The number of amidine groups is 1. The lowest BCUT2D eigenvalue weighted by molar-refractivity contribution is 0.138. The average Bonchev–Trinajstić information content (AvgIpc) is 3.65. The minimum Gasteiger partial charge on any atom is -0.350 e. The largest absolute Gasteiger partial charge is 0.350 e. The highest BCUT2D eigenvalue weighted by Gasteiger charge is 2.37. The molecule has 2 fully saturated rings. The maximum atomic E-state index is 6.42. The number of aromatic nitrogens is 3. The molecule has 2 atom stereocenters. The lowest BCUT2D eigenvalue weighted by atomic mass is 9.96. The molecule has 4 aromatic rings. The Bertz CT molecular complexity index is 1420. The lowest BCUT2D eigenvalue weighted by Crippen LogP contribution is -2.50. The second-order valence-corrected chi connectivity index (χ2v) is 10.0. The Kier molecular flexibility index (Phi) is 4.92. The molecule has 35 heavy (non-hydrogen) atoms. The van der Waals surface area contributed by atoms with Crippen LogP contribution in [-0.4, -0.2) is 44.8 Å². The third kappa shape index (κ3) is 3.72. The maximum absolute atomic E-state index is 6.42. The van der Waals surface area contributed by atoms with E-state index in [4.69, 9.17) is 10.7 Å². The van der Waals surface area contributed by atoms with E-state index in [9.17, 15) is 0 Å². The van der Waals surface area contributed by atoms with Gasteiger partial charge >= 0.3 is 0 Å². The molecule has 7 heteroatoms. The molecule has 3 aromatic heterocycles. The maximum Gasteiger partial charge on any atom is 0.138 e. The molecule has 1 unspecified atom stereocenters. The third-order valence-corrected chi connectivity index (χ3v) is 7.52. The number of pyridine rings is 2. The highest BCUT2D eigenvalue weighted by atomic mass is 15.3. The molecule has 7 rings (SSSR count). The van der Waals surface area contributed by atoms with Gasteiger partial charge in [0, 0.05) is 53.7 Å². The van der Waals surface area contributed by atoms with Crippen LogP contribution in [-0.2, 0) is 0 Å². The first-order valence-corrected chi connectivity index (χ1v) is 12.6. The van der Waals surface area contributed by atoms with Crippen molar-refractivity contribution in [2.75, 3.05) is 13.1 Å². The predicted octanol–water partition coefficient (Wildman–Crippen LogP) is 4.61. The van der Waals surface area contributed by atoms with Crippen molar-refractivity contribution in [1.29, 1.82) is 0 Å². The van der Waals surface area contributed by atoms with E-state index in [-0.39, 0.29) is 12.2 Å². The van der Waals surface area contributed by atoms with Crippen molar-refractivity contribution >= 4 is 22.6 Å². The van der Waals surface area contributed by atoms with E-state index in [1.807, 2.05) is 18.5 Å². The van der Waals surface area contributed by atoms with Gasteiger partial charge in [-0.3, -0.25) is 9.88 Å². The number of nitrogens with zero attached hydrogens (tertiary/aromatic N) is 4. The molecule has 4 N–H and O–H groups in total. The van der Waals surface area contributed by atoms with Crippen molar-refractivity contribution in [3.63, 3.8) is 0 Å². The number of hydrogen-bond donors (Lipinski definition) is 3. The molecule has 0 bridgehead atoms. The van der Waals surface area contributed by atoms with Crippen LogP contribution < -0.4 is 11.1 Å². The van der Waals surface area contributed by atoms with Gasteiger partial charge in [0.1, 0.15) is 17.6 Å². The minimum absolute atomic E-state index is 0.0400. The Hall–Kier alpha value is -3.55. The quantitative estimate of drug-likeness (QED) is 0.411. The summed E-state index contributed by atoms with van der Waals surface area (Å²) in [4.78, 5) is 20.3. The number of H-pyrrole nitrogens is 1. The number of nitrogens with one attached hydrogen (secondary N) is 2. The van der Waals surface area contributed by atoms with Gasteiger partial charge in [-0.15, -0.1) is 0 Å². The molecule has 1 aromatic carbocycles. The predicted molar refractivity (Wildman–Crippen MR) is 139 cm³/mol.